The fourth-order valence-corrected chi connectivity index (χ4v) is 3.01. The van der Waals surface area contributed by atoms with E-state index in [2.05, 4.69) is 5.10 Å². The lowest BCUT2D eigenvalue weighted by Gasteiger charge is -2.21. The lowest BCUT2D eigenvalue weighted by Crippen LogP contribution is -2.27. The van der Waals surface area contributed by atoms with Gasteiger partial charge in [-0.15, -0.1) is 11.6 Å². The Morgan fingerprint density at radius 2 is 2.00 bits per heavy atom. The molecule has 2 aromatic carbocycles. The maximum atomic E-state index is 12.4. The summed E-state index contributed by atoms with van der Waals surface area (Å²) in [6.07, 6.45) is 0.664. The average Bonchev–Trinajstić information content (AvgIpc) is 3.08. The molecule has 1 amide bonds. The van der Waals surface area contributed by atoms with E-state index >= 15 is 0 Å². The summed E-state index contributed by atoms with van der Waals surface area (Å²) in [6, 6.07) is 15.5. The third-order valence-electron chi connectivity index (χ3n) is 4.05. The highest BCUT2D eigenvalue weighted by Gasteiger charge is 2.33. The van der Waals surface area contributed by atoms with Crippen LogP contribution in [0, 0.1) is 10.1 Å². The van der Waals surface area contributed by atoms with E-state index in [0.29, 0.717) is 12.0 Å². The number of hydrogen-bond acceptors (Lipinski definition) is 4. The van der Waals surface area contributed by atoms with Gasteiger partial charge < -0.3 is 0 Å². The van der Waals surface area contributed by atoms with Crippen molar-refractivity contribution in [3.8, 4) is 0 Å². The fraction of sp³-hybridized carbons (Fsp3) is 0.222. The van der Waals surface area contributed by atoms with E-state index in [1.54, 1.807) is 12.1 Å². The summed E-state index contributed by atoms with van der Waals surface area (Å²) in [5.74, 6) is 0.00475. The van der Waals surface area contributed by atoms with Crippen LogP contribution in [-0.4, -0.2) is 27.4 Å². The Balaban J connectivity index is 1.96. The molecule has 0 aliphatic carbocycles. The van der Waals surface area contributed by atoms with E-state index in [0.717, 1.165) is 11.3 Å². The molecule has 25 heavy (non-hydrogen) atoms. The number of non-ortho nitro benzene ring substituents is 1. The van der Waals surface area contributed by atoms with Crippen molar-refractivity contribution in [2.45, 2.75) is 18.9 Å². The number of rotatable bonds is 5. The summed E-state index contributed by atoms with van der Waals surface area (Å²) in [5, 5.41) is 16.9. The SMILES string of the molecule is O=C(CCCl)N1N=C(c2ccccc2)CC1c1cccc([N+](=O)[O-])c1. The lowest BCUT2D eigenvalue weighted by molar-refractivity contribution is -0.384. The minimum atomic E-state index is -0.442. The smallest absolute Gasteiger partial charge is 0.269 e. The van der Waals surface area contributed by atoms with Crippen molar-refractivity contribution >= 4 is 28.9 Å². The molecule has 1 unspecified atom stereocenters. The summed E-state index contributed by atoms with van der Waals surface area (Å²) < 4.78 is 0. The van der Waals surface area contributed by atoms with Gasteiger partial charge in [0, 0.05) is 30.9 Å². The Kier molecular flexibility index (Phi) is 5.09. The van der Waals surface area contributed by atoms with Crippen molar-refractivity contribution in [2.24, 2.45) is 5.10 Å². The van der Waals surface area contributed by atoms with Crippen LogP contribution < -0.4 is 0 Å². The van der Waals surface area contributed by atoms with Crippen LogP contribution in [0.4, 0.5) is 5.69 Å². The zero-order chi connectivity index (χ0) is 17.8. The topological polar surface area (TPSA) is 75.8 Å². The number of carbonyl (C=O) groups excluding carboxylic acids is 1. The molecule has 2 aromatic rings. The van der Waals surface area contributed by atoms with Crippen LogP contribution in [0.5, 0.6) is 0 Å². The van der Waals surface area contributed by atoms with Crippen LogP contribution in [0.25, 0.3) is 0 Å². The van der Waals surface area contributed by atoms with Gasteiger partial charge in [0.15, 0.2) is 0 Å². The Morgan fingerprint density at radius 1 is 1.24 bits per heavy atom. The highest BCUT2D eigenvalue weighted by Crippen LogP contribution is 2.34. The van der Waals surface area contributed by atoms with Gasteiger partial charge in [-0.05, 0) is 11.1 Å². The molecule has 0 N–H and O–H groups in total. The number of nitro benzene ring substituents is 1. The summed E-state index contributed by atoms with van der Waals surface area (Å²) in [5.41, 5.74) is 2.39. The van der Waals surface area contributed by atoms with Crippen LogP contribution in [0.3, 0.4) is 0 Å². The van der Waals surface area contributed by atoms with E-state index in [9.17, 15) is 14.9 Å². The van der Waals surface area contributed by atoms with Gasteiger partial charge in [-0.25, -0.2) is 5.01 Å². The number of hydrogen-bond donors (Lipinski definition) is 0. The number of hydrazone groups is 1. The summed E-state index contributed by atoms with van der Waals surface area (Å²) in [6.45, 7) is 0. The molecule has 128 valence electrons. The second kappa shape index (κ2) is 7.44. The van der Waals surface area contributed by atoms with E-state index < -0.39 is 4.92 Å². The number of benzene rings is 2. The lowest BCUT2D eigenvalue weighted by atomic mass is 9.98. The molecule has 0 saturated carbocycles. The van der Waals surface area contributed by atoms with Gasteiger partial charge in [0.25, 0.3) is 5.69 Å². The summed E-state index contributed by atoms with van der Waals surface area (Å²) >= 11 is 5.70. The molecule has 0 aromatic heterocycles. The molecule has 7 heteroatoms. The molecule has 1 atom stereocenters. The Hall–Kier alpha value is -2.73. The van der Waals surface area contributed by atoms with Crippen LogP contribution in [0.1, 0.15) is 30.0 Å². The molecule has 1 aliphatic rings. The second-order valence-corrected chi connectivity index (χ2v) is 6.04. The molecule has 0 fully saturated rings. The van der Waals surface area contributed by atoms with Gasteiger partial charge in [-0.3, -0.25) is 14.9 Å². The molecule has 0 bridgehead atoms. The van der Waals surface area contributed by atoms with Crippen LogP contribution in [0.2, 0.25) is 0 Å². The molecule has 0 saturated heterocycles. The Morgan fingerprint density at radius 3 is 2.68 bits per heavy atom. The number of amides is 1. The monoisotopic (exact) mass is 357 g/mol. The van der Waals surface area contributed by atoms with E-state index in [1.807, 2.05) is 30.3 Å². The molecular weight excluding hydrogens is 342 g/mol. The number of halogens is 1. The van der Waals surface area contributed by atoms with Gasteiger partial charge in [0.1, 0.15) is 0 Å². The fourth-order valence-electron chi connectivity index (χ4n) is 2.85. The second-order valence-electron chi connectivity index (χ2n) is 5.66. The minimum Gasteiger partial charge on any atom is -0.273 e. The standard InChI is InChI=1S/C18H16ClN3O3/c19-10-9-18(23)21-17(14-7-4-8-15(11-14)22(24)25)12-16(20-21)13-5-2-1-3-6-13/h1-8,11,17H,9-10,12H2. The molecule has 6 nitrogen and oxygen atoms in total. The Labute approximate surface area is 149 Å². The number of alkyl halides is 1. The van der Waals surface area contributed by atoms with Gasteiger partial charge >= 0.3 is 0 Å². The van der Waals surface area contributed by atoms with Crippen LogP contribution >= 0.6 is 11.6 Å². The highest BCUT2D eigenvalue weighted by atomic mass is 35.5. The normalized spacial score (nSPS) is 16.6. The number of carbonyl (C=O) groups is 1. The highest BCUT2D eigenvalue weighted by molar-refractivity contribution is 6.19. The molecule has 0 radical (unpaired) electrons. The molecule has 1 aliphatic heterocycles. The third kappa shape index (κ3) is 3.69. The van der Waals surface area contributed by atoms with Crippen molar-refractivity contribution in [3.63, 3.8) is 0 Å². The zero-order valence-electron chi connectivity index (χ0n) is 13.3. The first-order chi connectivity index (χ1) is 12.1. The van der Waals surface area contributed by atoms with Crippen LogP contribution in [0.15, 0.2) is 59.7 Å². The summed E-state index contributed by atoms with van der Waals surface area (Å²) in [4.78, 5) is 23.0. The molecule has 3 rings (SSSR count). The maximum Gasteiger partial charge on any atom is 0.269 e. The third-order valence-corrected chi connectivity index (χ3v) is 4.24. The van der Waals surface area contributed by atoms with Gasteiger partial charge in [0.2, 0.25) is 5.91 Å². The van der Waals surface area contributed by atoms with E-state index in [-0.39, 0.29) is 29.9 Å². The maximum absolute atomic E-state index is 12.4. The zero-order valence-corrected chi connectivity index (χ0v) is 14.1. The van der Waals surface area contributed by atoms with Crippen LogP contribution in [-0.2, 0) is 4.79 Å². The largest absolute Gasteiger partial charge is 0.273 e. The van der Waals surface area contributed by atoms with Crippen molar-refractivity contribution in [2.75, 3.05) is 5.88 Å². The number of nitrogens with zero attached hydrogens (tertiary/aromatic N) is 3. The molecular formula is C18H16ClN3O3. The predicted molar refractivity (Wildman–Crippen MR) is 95.6 cm³/mol. The van der Waals surface area contributed by atoms with Gasteiger partial charge in [-0.2, -0.15) is 5.10 Å². The van der Waals surface area contributed by atoms with Crippen molar-refractivity contribution in [3.05, 3.63) is 75.8 Å². The average molecular weight is 358 g/mol. The van der Waals surface area contributed by atoms with Gasteiger partial charge in [-0.1, -0.05) is 42.5 Å². The first-order valence-electron chi connectivity index (χ1n) is 7.85. The van der Waals surface area contributed by atoms with Crippen molar-refractivity contribution in [1.82, 2.24) is 5.01 Å². The quantitative estimate of drug-likeness (QED) is 0.462. The first-order valence-corrected chi connectivity index (χ1v) is 8.39. The van der Waals surface area contributed by atoms with Gasteiger partial charge in [0.05, 0.1) is 16.7 Å². The van der Waals surface area contributed by atoms with E-state index in [1.165, 1.54) is 17.1 Å². The van der Waals surface area contributed by atoms with Crippen molar-refractivity contribution in [1.29, 1.82) is 0 Å². The summed E-state index contributed by atoms with van der Waals surface area (Å²) in [7, 11) is 0. The minimum absolute atomic E-state index is 0.00426. The Bertz CT molecular complexity index is 823. The first kappa shape index (κ1) is 17.1. The van der Waals surface area contributed by atoms with E-state index in [4.69, 9.17) is 11.6 Å². The molecule has 1 heterocycles. The van der Waals surface area contributed by atoms with Crippen molar-refractivity contribution < 1.29 is 9.72 Å². The molecule has 0 spiro atoms. The number of nitro groups is 1. The predicted octanol–water partition coefficient (Wildman–Crippen LogP) is 3.90.